The van der Waals surface area contributed by atoms with Crippen molar-refractivity contribution in [3.8, 4) is 0 Å². The smallest absolute Gasteiger partial charge is 0.185 e. The molecule has 0 heterocycles. The lowest BCUT2D eigenvalue weighted by molar-refractivity contribution is -0.147. The molecule has 0 atom stereocenters. The van der Waals surface area contributed by atoms with E-state index < -0.39 is 16.4 Å². The number of ketones is 2. The number of hydrogen-bond acceptors (Lipinski definition) is 3. The van der Waals surface area contributed by atoms with Gasteiger partial charge < -0.3 is 5.11 Å². The Balaban J connectivity index is 3.30. The first-order chi connectivity index (χ1) is 7.51. The Morgan fingerprint density at radius 3 is 1.76 bits per heavy atom. The van der Waals surface area contributed by atoms with E-state index in [1.165, 1.54) is 0 Å². The lowest BCUT2D eigenvalue weighted by Gasteiger charge is -2.30. The Kier molecular flexibility index (Phi) is 3.13. The van der Waals surface area contributed by atoms with Gasteiger partial charge in [0, 0.05) is 17.3 Å². The molecular formula is C14H22O3. The molecular weight excluding hydrogens is 216 g/mol. The normalized spacial score (nSPS) is 26.4. The number of Topliss-reactive ketones (excluding diaryl/α,β-unsaturated/α-hetero) is 2. The van der Waals surface area contributed by atoms with Crippen molar-refractivity contribution in [3.63, 3.8) is 0 Å². The monoisotopic (exact) mass is 238 g/mol. The molecule has 17 heavy (non-hydrogen) atoms. The predicted octanol–water partition coefficient (Wildman–Crippen LogP) is 2.28. The van der Waals surface area contributed by atoms with Gasteiger partial charge in [0.05, 0.1) is 0 Å². The fourth-order valence-electron chi connectivity index (χ4n) is 2.37. The first-order valence-corrected chi connectivity index (χ1v) is 5.95. The van der Waals surface area contributed by atoms with Gasteiger partial charge in [0.1, 0.15) is 0 Å². The highest BCUT2D eigenvalue weighted by atomic mass is 16.3. The number of aliphatic hydroxyl groups is 1. The number of carbonyl (C=O) groups excluding carboxylic acids is 2. The van der Waals surface area contributed by atoms with Crippen molar-refractivity contribution in [1.29, 1.82) is 0 Å². The van der Waals surface area contributed by atoms with Crippen molar-refractivity contribution in [1.82, 2.24) is 0 Å². The van der Waals surface area contributed by atoms with E-state index in [1.807, 2.05) is 19.9 Å². The Morgan fingerprint density at radius 1 is 1.12 bits per heavy atom. The van der Waals surface area contributed by atoms with Crippen LogP contribution in [0.25, 0.3) is 0 Å². The molecule has 0 radical (unpaired) electrons. The molecule has 1 aliphatic rings. The zero-order valence-corrected chi connectivity index (χ0v) is 11.5. The molecule has 0 aromatic heterocycles. The van der Waals surface area contributed by atoms with Crippen molar-refractivity contribution in [2.75, 3.05) is 0 Å². The molecule has 0 aromatic rings. The van der Waals surface area contributed by atoms with E-state index in [-0.39, 0.29) is 18.0 Å². The zero-order valence-electron chi connectivity index (χ0n) is 11.5. The minimum atomic E-state index is -1.84. The van der Waals surface area contributed by atoms with Gasteiger partial charge >= 0.3 is 0 Å². The van der Waals surface area contributed by atoms with Crippen LogP contribution in [-0.4, -0.2) is 22.3 Å². The molecule has 0 bridgehead atoms. The summed E-state index contributed by atoms with van der Waals surface area (Å²) in [5.74, 6) is -0.720. The number of hydrogen-bond donors (Lipinski definition) is 1. The Morgan fingerprint density at radius 2 is 1.47 bits per heavy atom. The minimum Gasteiger partial charge on any atom is -0.374 e. The molecule has 0 spiro atoms. The van der Waals surface area contributed by atoms with E-state index in [0.717, 1.165) is 5.57 Å². The summed E-state index contributed by atoms with van der Waals surface area (Å²) in [6.07, 6.45) is 1.92. The first-order valence-electron chi connectivity index (χ1n) is 5.95. The summed E-state index contributed by atoms with van der Waals surface area (Å²) in [7, 11) is 0. The summed E-state index contributed by atoms with van der Waals surface area (Å²) in [5.41, 5.74) is -2.65. The molecule has 1 fully saturated rings. The largest absolute Gasteiger partial charge is 0.374 e. The highest BCUT2D eigenvalue weighted by Crippen LogP contribution is 2.52. The molecule has 3 nitrogen and oxygen atoms in total. The average Bonchev–Trinajstić information content (AvgIpc) is 2.32. The van der Waals surface area contributed by atoms with Crippen LogP contribution in [0.1, 0.15) is 48.0 Å². The van der Waals surface area contributed by atoms with Crippen molar-refractivity contribution in [3.05, 3.63) is 11.6 Å². The third-order valence-electron chi connectivity index (χ3n) is 4.48. The van der Waals surface area contributed by atoms with Gasteiger partial charge in [0.15, 0.2) is 17.2 Å². The van der Waals surface area contributed by atoms with Gasteiger partial charge in [0.2, 0.25) is 0 Å². The summed E-state index contributed by atoms with van der Waals surface area (Å²) in [6.45, 7) is 10.6. The Hall–Kier alpha value is -0.960. The van der Waals surface area contributed by atoms with Crippen LogP contribution in [0.5, 0.6) is 0 Å². The van der Waals surface area contributed by atoms with E-state index in [9.17, 15) is 14.7 Å². The van der Waals surface area contributed by atoms with Gasteiger partial charge in [-0.2, -0.15) is 0 Å². The van der Waals surface area contributed by atoms with E-state index >= 15 is 0 Å². The lowest BCUT2D eigenvalue weighted by atomic mass is 9.70. The van der Waals surface area contributed by atoms with Crippen molar-refractivity contribution >= 4 is 11.6 Å². The average molecular weight is 238 g/mol. The molecule has 0 aromatic carbocycles. The van der Waals surface area contributed by atoms with E-state index in [4.69, 9.17) is 0 Å². The zero-order chi connectivity index (χ0) is 13.6. The topological polar surface area (TPSA) is 54.4 Å². The molecule has 3 heteroatoms. The van der Waals surface area contributed by atoms with E-state index in [0.29, 0.717) is 0 Å². The summed E-state index contributed by atoms with van der Waals surface area (Å²) in [4.78, 5) is 24.7. The van der Waals surface area contributed by atoms with Crippen LogP contribution in [0.4, 0.5) is 0 Å². The van der Waals surface area contributed by atoms with Crippen molar-refractivity contribution in [2.45, 2.75) is 53.6 Å². The molecule has 0 unspecified atom stereocenters. The first kappa shape index (κ1) is 14.1. The second-order valence-corrected chi connectivity index (χ2v) is 6.08. The SMILES string of the molecule is C/C=C(\C)CC1(O)C(=O)C(C)(C)C(C)(C)C1=O. The molecule has 96 valence electrons. The van der Waals surface area contributed by atoms with Gasteiger partial charge in [-0.05, 0) is 13.8 Å². The highest BCUT2D eigenvalue weighted by molar-refractivity contribution is 6.21. The number of allylic oxidation sites excluding steroid dienone is 1. The van der Waals surface area contributed by atoms with E-state index in [2.05, 4.69) is 0 Å². The van der Waals surface area contributed by atoms with Crippen LogP contribution in [-0.2, 0) is 9.59 Å². The van der Waals surface area contributed by atoms with Crippen LogP contribution < -0.4 is 0 Å². The maximum atomic E-state index is 12.3. The molecule has 1 aliphatic carbocycles. The van der Waals surface area contributed by atoms with Gasteiger partial charge in [-0.15, -0.1) is 0 Å². The second-order valence-electron chi connectivity index (χ2n) is 6.08. The summed E-state index contributed by atoms with van der Waals surface area (Å²) in [6, 6.07) is 0. The molecule has 1 N–H and O–H groups in total. The highest BCUT2D eigenvalue weighted by Gasteiger charge is 2.67. The van der Waals surface area contributed by atoms with Crippen LogP contribution in [0.3, 0.4) is 0 Å². The fraction of sp³-hybridized carbons (Fsp3) is 0.714. The predicted molar refractivity (Wildman–Crippen MR) is 66.6 cm³/mol. The van der Waals surface area contributed by atoms with Gasteiger partial charge in [-0.25, -0.2) is 0 Å². The third kappa shape index (κ3) is 1.68. The number of carbonyl (C=O) groups is 2. The van der Waals surface area contributed by atoms with Crippen LogP contribution in [0.15, 0.2) is 11.6 Å². The van der Waals surface area contributed by atoms with E-state index in [1.54, 1.807) is 27.7 Å². The summed E-state index contributed by atoms with van der Waals surface area (Å²) < 4.78 is 0. The quantitative estimate of drug-likeness (QED) is 0.593. The minimum absolute atomic E-state index is 0.105. The summed E-state index contributed by atoms with van der Waals surface area (Å²) in [5, 5.41) is 10.5. The van der Waals surface area contributed by atoms with Crippen molar-refractivity contribution < 1.29 is 14.7 Å². The van der Waals surface area contributed by atoms with Gasteiger partial charge in [-0.3, -0.25) is 9.59 Å². The second kappa shape index (κ2) is 3.77. The maximum Gasteiger partial charge on any atom is 0.185 e. The van der Waals surface area contributed by atoms with Crippen LogP contribution >= 0.6 is 0 Å². The van der Waals surface area contributed by atoms with Crippen molar-refractivity contribution in [2.24, 2.45) is 10.8 Å². The fourth-order valence-corrected chi connectivity index (χ4v) is 2.37. The third-order valence-corrected chi connectivity index (χ3v) is 4.48. The van der Waals surface area contributed by atoms with Gasteiger partial charge in [-0.1, -0.05) is 39.3 Å². The Labute approximate surface area is 103 Å². The van der Waals surface area contributed by atoms with Crippen LogP contribution in [0, 0.1) is 10.8 Å². The molecule has 0 amide bonds. The molecule has 1 saturated carbocycles. The molecule has 0 aliphatic heterocycles. The maximum absolute atomic E-state index is 12.3. The Bertz CT molecular complexity index is 374. The van der Waals surface area contributed by atoms with Gasteiger partial charge in [0.25, 0.3) is 0 Å². The van der Waals surface area contributed by atoms with Crippen LogP contribution in [0.2, 0.25) is 0 Å². The standard InChI is InChI=1S/C14H22O3/c1-7-9(2)8-14(17)10(15)12(3,4)13(5,6)11(14)16/h7,17H,8H2,1-6H3/b9-7+. The molecule has 1 rings (SSSR count). The summed E-state index contributed by atoms with van der Waals surface area (Å²) >= 11 is 0. The lowest BCUT2D eigenvalue weighted by Crippen LogP contribution is -2.43. The number of rotatable bonds is 2. The molecule has 0 saturated heterocycles.